The van der Waals surface area contributed by atoms with E-state index in [2.05, 4.69) is 20.9 Å². The third-order valence-electron chi connectivity index (χ3n) is 4.85. The predicted molar refractivity (Wildman–Crippen MR) is 122 cm³/mol. The summed E-state index contributed by atoms with van der Waals surface area (Å²) >= 11 is 0. The zero-order chi connectivity index (χ0) is 24.6. The molecule has 6 N–H and O–H groups in total. The molecule has 11 nitrogen and oxygen atoms in total. The molecule has 0 aliphatic rings. The first-order valence-corrected chi connectivity index (χ1v) is 11.5. The first kappa shape index (κ1) is 25.5. The number of amides is 4. The average molecular weight is 478 g/mol. The Kier molecular flexibility index (Phi) is 8.63. The van der Waals surface area contributed by atoms with Crippen LogP contribution >= 0.6 is 0 Å². The van der Waals surface area contributed by atoms with Crippen molar-refractivity contribution in [1.82, 2.24) is 16.2 Å². The minimum Gasteiger partial charge on any atom is -0.495 e. The van der Waals surface area contributed by atoms with Crippen LogP contribution in [0.2, 0.25) is 0 Å². The maximum absolute atomic E-state index is 12.8. The van der Waals surface area contributed by atoms with Crippen LogP contribution in [0.15, 0.2) is 53.4 Å². The van der Waals surface area contributed by atoms with Crippen molar-refractivity contribution in [2.45, 2.75) is 31.2 Å². The van der Waals surface area contributed by atoms with Crippen molar-refractivity contribution in [1.29, 1.82) is 0 Å². The van der Waals surface area contributed by atoms with E-state index in [0.29, 0.717) is 12.2 Å². The number of primary amides is 1. The molecule has 33 heavy (non-hydrogen) atoms. The molecule has 2 atom stereocenters. The topological polar surface area (TPSA) is 169 Å². The first-order valence-electron chi connectivity index (χ1n) is 10.0. The Morgan fingerprint density at radius 2 is 1.76 bits per heavy atom. The van der Waals surface area contributed by atoms with Gasteiger partial charge in [0.1, 0.15) is 11.8 Å². The number of para-hydroxylation sites is 2. The standard InChI is InChI=1S/C21H27N5O6S/c1-4-13(2)18(23-21(22)29)20(28)25-24-19(27)14-8-7-9-15(12-14)33(30,31)26-16-10-5-6-11-17(16)32-3/h5-13,18,26H,4H2,1-3H3,(H,24,27)(H,25,28)(H3,22,23,29). The number of anilines is 1. The van der Waals surface area contributed by atoms with Gasteiger partial charge in [-0.05, 0) is 36.2 Å². The van der Waals surface area contributed by atoms with Gasteiger partial charge in [0.25, 0.3) is 21.8 Å². The van der Waals surface area contributed by atoms with Crippen molar-refractivity contribution in [2.24, 2.45) is 11.7 Å². The van der Waals surface area contributed by atoms with Gasteiger partial charge in [-0.25, -0.2) is 13.2 Å². The number of nitrogens with one attached hydrogen (secondary N) is 4. The second-order valence-electron chi connectivity index (χ2n) is 7.15. The SMILES string of the molecule is CCC(C)C(NC(N)=O)C(=O)NNC(=O)c1cccc(S(=O)(=O)Nc2ccccc2OC)c1. The maximum atomic E-state index is 12.8. The molecule has 2 aromatic rings. The highest BCUT2D eigenvalue weighted by Crippen LogP contribution is 2.26. The Morgan fingerprint density at radius 3 is 2.39 bits per heavy atom. The molecule has 0 radical (unpaired) electrons. The van der Waals surface area contributed by atoms with Crippen LogP contribution in [-0.2, 0) is 14.8 Å². The summed E-state index contributed by atoms with van der Waals surface area (Å²) in [5.41, 5.74) is 9.77. The zero-order valence-electron chi connectivity index (χ0n) is 18.4. The smallest absolute Gasteiger partial charge is 0.312 e. The van der Waals surface area contributed by atoms with Gasteiger partial charge < -0.3 is 15.8 Å². The number of urea groups is 1. The molecule has 0 saturated carbocycles. The van der Waals surface area contributed by atoms with Crippen LogP contribution in [0.4, 0.5) is 10.5 Å². The molecular formula is C21H27N5O6S. The number of hydrazine groups is 1. The van der Waals surface area contributed by atoms with E-state index in [1.165, 1.54) is 31.4 Å². The molecule has 0 fully saturated rings. The van der Waals surface area contributed by atoms with Gasteiger partial charge >= 0.3 is 6.03 Å². The number of benzene rings is 2. The second kappa shape index (κ2) is 11.2. The fraction of sp³-hybridized carbons (Fsp3) is 0.286. The number of nitrogens with two attached hydrogens (primary N) is 1. The van der Waals surface area contributed by atoms with E-state index in [0.717, 1.165) is 6.07 Å². The molecule has 0 spiro atoms. The van der Waals surface area contributed by atoms with Gasteiger partial charge in [-0.1, -0.05) is 38.5 Å². The zero-order valence-corrected chi connectivity index (χ0v) is 19.2. The van der Waals surface area contributed by atoms with Gasteiger partial charge in [0.2, 0.25) is 0 Å². The highest BCUT2D eigenvalue weighted by molar-refractivity contribution is 7.92. The number of carbonyl (C=O) groups excluding carboxylic acids is 3. The van der Waals surface area contributed by atoms with E-state index in [1.54, 1.807) is 25.1 Å². The largest absolute Gasteiger partial charge is 0.495 e. The van der Waals surface area contributed by atoms with Gasteiger partial charge in [-0.3, -0.25) is 25.2 Å². The van der Waals surface area contributed by atoms with Crippen LogP contribution in [0.25, 0.3) is 0 Å². The van der Waals surface area contributed by atoms with Crippen LogP contribution in [0.3, 0.4) is 0 Å². The molecule has 12 heteroatoms. The lowest BCUT2D eigenvalue weighted by atomic mass is 9.99. The van der Waals surface area contributed by atoms with E-state index in [4.69, 9.17) is 10.5 Å². The summed E-state index contributed by atoms with van der Waals surface area (Å²) < 4.78 is 33.1. The molecule has 0 heterocycles. The van der Waals surface area contributed by atoms with E-state index < -0.39 is 33.9 Å². The number of hydrogen-bond donors (Lipinski definition) is 5. The molecule has 2 rings (SSSR count). The van der Waals surface area contributed by atoms with Crippen molar-refractivity contribution < 1.29 is 27.5 Å². The molecule has 2 aromatic carbocycles. The third kappa shape index (κ3) is 6.84. The number of sulfonamides is 1. The normalized spacial score (nSPS) is 12.7. The van der Waals surface area contributed by atoms with Crippen LogP contribution in [-0.4, -0.2) is 39.4 Å². The molecule has 0 bridgehead atoms. The molecule has 0 saturated heterocycles. The van der Waals surface area contributed by atoms with E-state index in [-0.39, 0.29) is 22.1 Å². The van der Waals surface area contributed by atoms with Crippen LogP contribution in [0.1, 0.15) is 30.6 Å². The molecule has 0 aliphatic carbocycles. The number of rotatable bonds is 9. The summed E-state index contributed by atoms with van der Waals surface area (Å²) in [4.78, 5) is 35.9. The van der Waals surface area contributed by atoms with Crippen LogP contribution in [0.5, 0.6) is 5.75 Å². The lowest BCUT2D eigenvalue weighted by Crippen LogP contribution is -2.55. The van der Waals surface area contributed by atoms with Crippen molar-refractivity contribution in [3.05, 3.63) is 54.1 Å². The summed E-state index contributed by atoms with van der Waals surface area (Å²) in [5.74, 6) is -1.33. The van der Waals surface area contributed by atoms with Gasteiger partial charge in [-0.2, -0.15) is 0 Å². The highest BCUT2D eigenvalue weighted by Gasteiger charge is 2.26. The molecule has 4 amide bonds. The molecule has 0 aromatic heterocycles. The predicted octanol–water partition coefficient (Wildman–Crippen LogP) is 1.34. The number of ether oxygens (including phenoxy) is 1. The van der Waals surface area contributed by atoms with Crippen molar-refractivity contribution >= 4 is 33.6 Å². The van der Waals surface area contributed by atoms with Crippen molar-refractivity contribution in [3.8, 4) is 5.75 Å². The molecule has 0 aliphatic heterocycles. The molecular weight excluding hydrogens is 450 g/mol. The lowest BCUT2D eigenvalue weighted by Gasteiger charge is -2.22. The number of methoxy groups -OCH3 is 1. The average Bonchev–Trinajstić information content (AvgIpc) is 2.80. The van der Waals surface area contributed by atoms with Gasteiger partial charge in [0.05, 0.1) is 17.7 Å². The Balaban J connectivity index is 2.14. The Morgan fingerprint density at radius 1 is 1.06 bits per heavy atom. The van der Waals surface area contributed by atoms with Gasteiger partial charge in [0, 0.05) is 5.56 Å². The van der Waals surface area contributed by atoms with Crippen LogP contribution < -0.4 is 31.4 Å². The van der Waals surface area contributed by atoms with E-state index >= 15 is 0 Å². The summed E-state index contributed by atoms with van der Waals surface area (Å²) in [7, 11) is -2.62. The summed E-state index contributed by atoms with van der Waals surface area (Å²) in [6, 6.07) is 9.91. The third-order valence-corrected chi connectivity index (χ3v) is 6.21. The van der Waals surface area contributed by atoms with Gasteiger partial charge in [0.15, 0.2) is 0 Å². The number of carbonyl (C=O) groups is 3. The Labute approximate surface area is 192 Å². The van der Waals surface area contributed by atoms with Crippen LogP contribution in [0, 0.1) is 5.92 Å². The molecule has 178 valence electrons. The highest BCUT2D eigenvalue weighted by atomic mass is 32.2. The minimum absolute atomic E-state index is 0.0128. The second-order valence-corrected chi connectivity index (χ2v) is 8.83. The lowest BCUT2D eigenvalue weighted by molar-refractivity contribution is -0.124. The fourth-order valence-corrected chi connectivity index (χ4v) is 3.98. The Hall–Kier alpha value is -3.80. The fourth-order valence-electron chi connectivity index (χ4n) is 2.86. The van der Waals surface area contributed by atoms with E-state index in [9.17, 15) is 22.8 Å². The first-order chi connectivity index (χ1) is 15.6. The monoisotopic (exact) mass is 477 g/mol. The Bertz CT molecular complexity index is 1120. The van der Waals surface area contributed by atoms with Crippen molar-refractivity contribution in [3.63, 3.8) is 0 Å². The van der Waals surface area contributed by atoms with E-state index in [1.807, 2.05) is 6.92 Å². The summed E-state index contributed by atoms with van der Waals surface area (Å²) in [6.45, 7) is 3.57. The molecule has 2 unspecified atom stereocenters. The number of hydrogen-bond acceptors (Lipinski definition) is 6. The van der Waals surface area contributed by atoms with Crippen molar-refractivity contribution in [2.75, 3.05) is 11.8 Å². The quantitative estimate of drug-likeness (QED) is 0.341. The summed E-state index contributed by atoms with van der Waals surface area (Å²) in [5, 5.41) is 2.33. The minimum atomic E-state index is -4.03. The maximum Gasteiger partial charge on any atom is 0.312 e. The summed E-state index contributed by atoms with van der Waals surface area (Å²) in [6.07, 6.45) is 0.575. The van der Waals surface area contributed by atoms with Gasteiger partial charge in [-0.15, -0.1) is 0 Å².